The Morgan fingerprint density at radius 2 is 2.21 bits per heavy atom. The van der Waals surface area contributed by atoms with Crippen molar-refractivity contribution in [2.75, 3.05) is 26.0 Å². The van der Waals surface area contributed by atoms with Crippen LogP contribution in [0.15, 0.2) is 24.3 Å². The molecule has 19 heavy (non-hydrogen) atoms. The van der Waals surface area contributed by atoms with Crippen LogP contribution in [0.3, 0.4) is 0 Å². The van der Waals surface area contributed by atoms with E-state index in [1.165, 1.54) is 0 Å². The predicted octanol–water partition coefficient (Wildman–Crippen LogP) is 2.29. The van der Waals surface area contributed by atoms with E-state index in [0.717, 1.165) is 6.42 Å². The Morgan fingerprint density at radius 1 is 1.53 bits per heavy atom. The van der Waals surface area contributed by atoms with E-state index in [4.69, 9.17) is 10.5 Å². The molecule has 0 spiro atoms. The van der Waals surface area contributed by atoms with E-state index >= 15 is 0 Å². The van der Waals surface area contributed by atoms with Gasteiger partial charge in [0.2, 0.25) is 0 Å². The molecule has 0 heterocycles. The van der Waals surface area contributed by atoms with E-state index < -0.39 is 0 Å². The summed E-state index contributed by atoms with van der Waals surface area (Å²) in [5.74, 6) is 0.706. The number of nitrogens with one attached hydrogen (secondary N) is 1. The highest BCUT2D eigenvalue weighted by molar-refractivity contribution is 5.89. The van der Waals surface area contributed by atoms with Crippen molar-refractivity contribution in [1.82, 2.24) is 4.90 Å². The van der Waals surface area contributed by atoms with E-state index in [2.05, 4.69) is 5.32 Å². The second-order valence-corrected chi connectivity index (χ2v) is 4.78. The maximum Gasteiger partial charge on any atom is 0.322 e. The van der Waals surface area contributed by atoms with Crippen LogP contribution >= 0.6 is 0 Å². The summed E-state index contributed by atoms with van der Waals surface area (Å²) in [6.45, 7) is 4.41. The van der Waals surface area contributed by atoms with Gasteiger partial charge in [0, 0.05) is 25.3 Å². The van der Waals surface area contributed by atoms with Gasteiger partial charge in [0.15, 0.2) is 0 Å². The molecule has 1 unspecified atom stereocenters. The first-order valence-electron chi connectivity index (χ1n) is 6.35. The molecule has 106 valence electrons. The number of carbonyl (C=O) groups excluding carboxylic acids is 1. The molecule has 0 aliphatic heterocycles. The topological polar surface area (TPSA) is 67.6 Å². The summed E-state index contributed by atoms with van der Waals surface area (Å²) in [5.41, 5.74) is 6.11. The van der Waals surface area contributed by atoms with Crippen LogP contribution in [0.5, 0.6) is 5.75 Å². The fourth-order valence-electron chi connectivity index (χ4n) is 1.67. The van der Waals surface area contributed by atoms with Crippen molar-refractivity contribution in [1.29, 1.82) is 0 Å². The van der Waals surface area contributed by atoms with Gasteiger partial charge in [-0.25, -0.2) is 4.79 Å². The average Bonchev–Trinajstić information content (AvgIpc) is 2.45. The number of amides is 2. The summed E-state index contributed by atoms with van der Waals surface area (Å²) >= 11 is 0. The monoisotopic (exact) mass is 265 g/mol. The van der Waals surface area contributed by atoms with E-state index in [0.29, 0.717) is 18.0 Å². The largest absolute Gasteiger partial charge is 0.497 e. The predicted molar refractivity (Wildman–Crippen MR) is 77.5 cm³/mol. The van der Waals surface area contributed by atoms with Gasteiger partial charge in [-0.2, -0.15) is 0 Å². The van der Waals surface area contributed by atoms with E-state index in [1.54, 1.807) is 25.1 Å². The molecule has 5 heteroatoms. The molecule has 1 aromatic rings. The van der Waals surface area contributed by atoms with Crippen molar-refractivity contribution in [3.05, 3.63) is 24.3 Å². The first kappa shape index (κ1) is 15.3. The van der Waals surface area contributed by atoms with Crippen LogP contribution in [-0.4, -0.2) is 37.2 Å². The van der Waals surface area contributed by atoms with Crippen molar-refractivity contribution >= 4 is 11.7 Å². The van der Waals surface area contributed by atoms with Gasteiger partial charge in [0.25, 0.3) is 0 Å². The third-order valence-corrected chi connectivity index (χ3v) is 3.64. The quantitative estimate of drug-likeness (QED) is 0.858. The Hall–Kier alpha value is -1.75. The SMILES string of the molecule is CCC(C)(CN)N(C)C(=O)Nc1cccc(OC)c1. The standard InChI is InChI=1S/C14H23N3O2/c1-5-14(2,10-15)17(3)13(18)16-11-7-6-8-12(9-11)19-4/h6-9H,5,10,15H2,1-4H3,(H,16,18). The number of benzene rings is 1. The zero-order valence-corrected chi connectivity index (χ0v) is 12.1. The smallest absolute Gasteiger partial charge is 0.322 e. The number of urea groups is 1. The second-order valence-electron chi connectivity index (χ2n) is 4.78. The Balaban J connectivity index is 2.78. The molecule has 0 aromatic heterocycles. The number of hydrogen-bond acceptors (Lipinski definition) is 3. The third kappa shape index (κ3) is 3.61. The van der Waals surface area contributed by atoms with Crippen LogP contribution in [0.4, 0.5) is 10.5 Å². The Kier molecular flexibility index (Phi) is 5.18. The molecule has 1 rings (SSSR count). The zero-order chi connectivity index (χ0) is 14.5. The molecule has 3 N–H and O–H groups in total. The van der Waals surface area contributed by atoms with Crippen LogP contribution in [0.2, 0.25) is 0 Å². The van der Waals surface area contributed by atoms with Gasteiger partial charge in [-0.05, 0) is 25.5 Å². The Bertz CT molecular complexity index is 430. The number of nitrogens with two attached hydrogens (primary N) is 1. The maximum absolute atomic E-state index is 12.2. The van der Waals surface area contributed by atoms with E-state index in [-0.39, 0.29) is 11.6 Å². The molecular formula is C14H23N3O2. The zero-order valence-electron chi connectivity index (χ0n) is 12.1. The molecular weight excluding hydrogens is 242 g/mol. The lowest BCUT2D eigenvalue weighted by Gasteiger charge is -2.37. The van der Waals surface area contributed by atoms with Crippen molar-refractivity contribution in [3.63, 3.8) is 0 Å². The molecule has 0 radical (unpaired) electrons. The minimum atomic E-state index is -0.344. The summed E-state index contributed by atoms with van der Waals surface area (Å²) < 4.78 is 5.12. The normalized spacial score (nSPS) is 13.5. The first-order valence-corrected chi connectivity index (χ1v) is 6.35. The second kappa shape index (κ2) is 6.43. The van der Waals surface area contributed by atoms with Gasteiger partial charge in [0.1, 0.15) is 5.75 Å². The van der Waals surface area contributed by atoms with Gasteiger partial charge in [0.05, 0.1) is 12.6 Å². The molecule has 0 aliphatic rings. The highest BCUT2D eigenvalue weighted by Crippen LogP contribution is 2.20. The molecule has 5 nitrogen and oxygen atoms in total. The molecule has 0 saturated carbocycles. The van der Waals surface area contributed by atoms with Crippen LogP contribution in [0, 0.1) is 0 Å². The fourth-order valence-corrected chi connectivity index (χ4v) is 1.67. The number of hydrogen-bond donors (Lipinski definition) is 2. The van der Waals surface area contributed by atoms with Gasteiger partial charge >= 0.3 is 6.03 Å². The van der Waals surface area contributed by atoms with Crippen molar-refractivity contribution in [3.8, 4) is 5.75 Å². The van der Waals surface area contributed by atoms with Gasteiger partial charge in [-0.15, -0.1) is 0 Å². The number of nitrogens with zero attached hydrogens (tertiary/aromatic N) is 1. The first-order chi connectivity index (χ1) is 8.96. The molecule has 0 fully saturated rings. The lowest BCUT2D eigenvalue weighted by Crippen LogP contribution is -2.53. The van der Waals surface area contributed by atoms with Crippen LogP contribution in [0.25, 0.3) is 0 Å². The molecule has 1 atom stereocenters. The molecule has 0 saturated heterocycles. The summed E-state index contributed by atoms with van der Waals surface area (Å²) in [6, 6.07) is 7.08. The van der Waals surface area contributed by atoms with E-state index in [1.807, 2.05) is 32.0 Å². The number of methoxy groups -OCH3 is 1. The summed E-state index contributed by atoms with van der Waals surface area (Å²) in [6.07, 6.45) is 0.797. The number of ether oxygens (including phenoxy) is 1. The lowest BCUT2D eigenvalue weighted by molar-refractivity contribution is 0.158. The number of carbonyl (C=O) groups is 1. The minimum Gasteiger partial charge on any atom is -0.497 e. The molecule has 0 bridgehead atoms. The Morgan fingerprint density at radius 3 is 2.74 bits per heavy atom. The maximum atomic E-state index is 12.2. The van der Waals surface area contributed by atoms with Gasteiger partial charge in [-0.3, -0.25) is 0 Å². The van der Waals surface area contributed by atoms with Crippen molar-refractivity contribution < 1.29 is 9.53 Å². The van der Waals surface area contributed by atoms with Crippen LogP contribution in [0.1, 0.15) is 20.3 Å². The summed E-state index contributed by atoms with van der Waals surface area (Å²) in [5, 5.41) is 2.84. The lowest BCUT2D eigenvalue weighted by atomic mass is 9.97. The van der Waals surface area contributed by atoms with Crippen molar-refractivity contribution in [2.45, 2.75) is 25.8 Å². The van der Waals surface area contributed by atoms with Crippen LogP contribution < -0.4 is 15.8 Å². The van der Waals surface area contributed by atoms with E-state index in [9.17, 15) is 4.79 Å². The highest BCUT2D eigenvalue weighted by atomic mass is 16.5. The van der Waals surface area contributed by atoms with Gasteiger partial charge < -0.3 is 20.7 Å². The van der Waals surface area contributed by atoms with Gasteiger partial charge in [-0.1, -0.05) is 13.0 Å². The molecule has 1 aromatic carbocycles. The number of anilines is 1. The summed E-state index contributed by atoms with van der Waals surface area (Å²) in [7, 11) is 3.35. The highest BCUT2D eigenvalue weighted by Gasteiger charge is 2.29. The van der Waals surface area contributed by atoms with Crippen molar-refractivity contribution in [2.24, 2.45) is 5.73 Å². The van der Waals surface area contributed by atoms with Crippen LogP contribution in [-0.2, 0) is 0 Å². The minimum absolute atomic E-state index is 0.178. The molecule has 0 aliphatic carbocycles. The fraction of sp³-hybridized carbons (Fsp3) is 0.500. The molecule has 2 amide bonds. The number of rotatable bonds is 5. The summed E-state index contributed by atoms with van der Waals surface area (Å²) in [4.78, 5) is 13.8. The Labute approximate surface area is 114 Å². The number of likely N-dealkylation sites (N-methyl/N-ethyl adjacent to an activating group) is 1. The average molecular weight is 265 g/mol. The third-order valence-electron chi connectivity index (χ3n) is 3.64.